The maximum Gasteiger partial charge on any atom is 0.320 e. The van der Waals surface area contributed by atoms with Crippen molar-refractivity contribution in [1.82, 2.24) is 15.1 Å². The van der Waals surface area contributed by atoms with Gasteiger partial charge in [0, 0.05) is 39.3 Å². The highest BCUT2D eigenvalue weighted by atomic mass is 16.6. The van der Waals surface area contributed by atoms with Crippen molar-refractivity contribution in [1.29, 1.82) is 0 Å². The van der Waals surface area contributed by atoms with Crippen LogP contribution in [0.15, 0.2) is 0 Å². The maximum atomic E-state index is 11.9. The number of ether oxygens (including phenoxy) is 1. The summed E-state index contributed by atoms with van der Waals surface area (Å²) in [6.45, 7) is 13.0. The second-order valence-electron chi connectivity index (χ2n) is 6.59. The van der Waals surface area contributed by atoms with E-state index in [0.717, 1.165) is 39.3 Å². The molecule has 1 saturated heterocycles. The van der Waals surface area contributed by atoms with Crippen LogP contribution in [0.25, 0.3) is 0 Å². The van der Waals surface area contributed by atoms with Crippen molar-refractivity contribution in [3.63, 3.8) is 0 Å². The molecule has 0 bridgehead atoms. The van der Waals surface area contributed by atoms with E-state index in [9.17, 15) is 9.59 Å². The predicted octanol–water partition coefficient (Wildman–Crippen LogP) is 0.124. The van der Waals surface area contributed by atoms with Gasteiger partial charge in [-0.05, 0) is 27.7 Å². The first kappa shape index (κ1) is 18.1. The van der Waals surface area contributed by atoms with Gasteiger partial charge in [0.05, 0.1) is 13.1 Å². The second-order valence-corrected chi connectivity index (χ2v) is 6.59. The van der Waals surface area contributed by atoms with Crippen LogP contribution in [0.1, 0.15) is 27.7 Å². The van der Waals surface area contributed by atoms with E-state index in [-0.39, 0.29) is 11.8 Å². The second kappa shape index (κ2) is 8.46. The van der Waals surface area contributed by atoms with Gasteiger partial charge >= 0.3 is 5.97 Å². The van der Waals surface area contributed by atoms with Gasteiger partial charge in [0.2, 0.25) is 0 Å². The van der Waals surface area contributed by atoms with Crippen LogP contribution in [0, 0.1) is 0 Å². The zero-order valence-corrected chi connectivity index (χ0v) is 13.8. The SMILES string of the molecule is CC(=O)CN1CCNCCN(CC(=O)OC(C)(C)C)CC1. The number of nitrogens with one attached hydrogen (secondary N) is 1. The molecule has 0 atom stereocenters. The molecule has 21 heavy (non-hydrogen) atoms. The van der Waals surface area contributed by atoms with Crippen molar-refractivity contribution in [3.8, 4) is 0 Å². The molecular weight excluding hydrogens is 270 g/mol. The molecule has 0 aromatic carbocycles. The maximum absolute atomic E-state index is 11.9. The molecule has 0 aromatic heterocycles. The topological polar surface area (TPSA) is 61.9 Å². The third-order valence-corrected chi connectivity index (χ3v) is 3.16. The third kappa shape index (κ3) is 8.80. The predicted molar refractivity (Wildman–Crippen MR) is 82.3 cm³/mol. The van der Waals surface area contributed by atoms with E-state index in [2.05, 4.69) is 15.1 Å². The van der Waals surface area contributed by atoms with Crippen molar-refractivity contribution >= 4 is 11.8 Å². The molecule has 6 nitrogen and oxygen atoms in total. The minimum Gasteiger partial charge on any atom is -0.459 e. The van der Waals surface area contributed by atoms with Crippen LogP contribution in [-0.2, 0) is 14.3 Å². The minimum atomic E-state index is -0.449. The number of nitrogens with zero attached hydrogens (tertiary/aromatic N) is 2. The van der Waals surface area contributed by atoms with Crippen molar-refractivity contribution in [2.24, 2.45) is 0 Å². The van der Waals surface area contributed by atoms with Crippen molar-refractivity contribution in [2.45, 2.75) is 33.3 Å². The summed E-state index contributed by atoms with van der Waals surface area (Å²) in [4.78, 5) is 27.4. The van der Waals surface area contributed by atoms with Gasteiger partial charge in [-0.1, -0.05) is 0 Å². The Labute approximate surface area is 127 Å². The molecule has 1 N–H and O–H groups in total. The molecule has 0 spiro atoms. The summed E-state index contributed by atoms with van der Waals surface area (Å²) in [7, 11) is 0. The van der Waals surface area contributed by atoms with Gasteiger partial charge in [0.25, 0.3) is 0 Å². The molecule has 1 fully saturated rings. The van der Waals surface area contributed by atoms with E-state index in [1.54, 1.807) is 6.92 Å². The molecule has 0 unspecified atom stereocenters. The van der Waals surface area contributed by atoms with Crippen molar-refractivity contribution in [3.05, 3.63) is 0 Å². The molecule has 0 saturated carbocycles. The molecule has 0 aromatic rings. The van der Waals surface area contributed by atoms with Gasteiger partial charge in [-0.25, -0.2) is 0 Å². The number of carbonyl (C=O) groups is 2. The number of Topliss-reactive ketones (excluding diaryl/α,β-unsaturated/α-hetero) is 1. The summed E-state index contributed by atoms with van der Waals surface area (Å²) in [6.07, 6.45) is 0. The summed E-state index contributed by atoms with van der Waals surface area (Å²) < 4.78 is 5.37. The van der Waals surface area contributed by atoms with Crippen LogP contribution < -0.4 is 5.32 Å². The molecule has 6 heteroatoms. The average Bonchev–Trinajstić information content (AvgIpc) is 2.40. The van der Waals surface area contributed by atoms with Crippen LogP contribution in [0.5, 0.6) is 0 Å². The highest BCUT2D eigenvalue weighted by molar-refractivity contribution is 5.77. The number of esters is 1. The van der Waals surface area contributed by atoms with Gasteiger partial charge in [-0.15, -0.1) is 0 Å². The molecule has 122 valence electrons. The summed E-state index contributed by atoms with van der Waals surface area (Å²) >= 11 is 0. The van der Waals surface area contributed by atoms with E-state index >= 15 is 0 Å². The number of ketones is 1. The highest BCUT2D eigenvalue weighted by Gasteiger charge is 2.20. The zero-order chi connectivity index (χ0) is 15.9. The lowest BCUT2D eigenvalue weighted by molar-refractivity contribution is -0.156. The van der Waals surface area contributed by atoms with Crippen molar-refractivity contribution < 1.29 is 14.3 Å². The lowest BCUT2D eigenvalue weighted by Crippen LogP contribution is -2.41. The third-order valence-electron chi connectivity index (χ3n) is 3.16. The van der Waals surface area contributed by atoms with Gasteiger partial charge in [0.1, 0.15) is 11.4 Å². The fraction of sp³-hybridized carbons (Fsp3) is 0.867. The summed E-state index contributed by atoms with van der Waals surface area (Å²) in [5.74, 6) is -0.0206. The van der Waals surface area contributed by atoms with Gasteiger partial charge < -0.3 is 10.1 Å². The van der Waals surface area contributed by atoms with Crippen LogP contribution >= 0.6 is 0 Å². The Bertz CT molecular complexity index is 353. The molecule has 0 radical (unpaired) electrons. The number of carbonyl (C=O) groups excluding carboxylic acids is 2. The molecule has 1 rings (SSSR count). The quantitative estimate of drug-likeness (QED) is 0.744. The van der Waals surface area contributed by atoms with Gasteiger partial charge in [0.15, 0.2) is 0 Å². The van der Waals surface area contributed by atoms with E-state index in [0.29, 0.717) is 13.1 Å². The Kier molecular flexibility index (Phi) is 7.28. The van der Waals surface area contributed by atoms with Crippen molar-refractivity contribution in [2.75, 3.05) is 52.4 Å². The summed E-state index contributed by atoms with van der Waals surface area (Å²) in [5, 5.41) is 3.34. The fourth-order valence-electron chi connectivity index (χ4n) is 2.29. The number of hydrogen-bond acceptors (Lipinski definition) is 6. The van der Waals surface area contributed by atoms with Crippen LogP contribution in [0.4, 0.5) is 0 Å². The van der Waals surface area contributed by atoms with Crippen LogP contribution in [0.2, 0.25) is 0 Å². The molecule has 1 aliphatic heterocycles. The largest absolute Gasteiger partial charge is 0.459 e. The van der Waals surface area contributed by atoms with Crippen LogP contribution in [-0.4, -0.2) is 79.5 Å². The molecule has 0 aliphatic carbocycles. The first-order chi connectivity index (χ1) is 9.76. The molecule has 1 heterocycles. The summed E-state index contributed by atoms with van der Waals surface area (Å²) in [5.41, 5.74) is -0.449. The number of hydrogen-bond donors (Lipinski definition) is 1. The average molecular weight is 299 g/mol. The fourth-order valence-corrected chi connectivity index (χ4v) is 2.29. The van der Waals surface area contributed by atoms with E-state index < -0.39 is 5.60 Å². The number of rotatable bonds is 4. The lowest BCUT2D eigenvalue weighted by atomic mass is 10.2. The van der Waals surface area contributed by atoms with E-state index in [4.69, 9.17) is 4.74 Å². The van der Waals surface area contributed by atoms with E-state index in [1.807, 2.05) is 20.8 Å². The first-order valence-electron chi connectivity index (χ1n) is 7.63. The zero-order valence-electron chi connectivity index (χ0n) is 13.8. The first-order valence-corrected chi connectivity index (χ1v) is 7.63. The lowest BCUT2D eigenvalue weighted by Gasteiger charge is -2.26. The van der Waals surface area contributed by atoms with Gasteiger partial charge in [-0.2, -0.15) is 0 Å². The van der Waals surface area contributed by atoms with E-state index in [1.165, 1.54) is 0 Å². The highest BCUT2D eigenvalue weighted by Crippen LogP contribution is 2.07. The Hall–Kier alpha value is -0.980. The Morgan fingerprint density at radius 2 is 1.52 bits per heavy atom. The van der Waals surface area contributed by atoms with Gasteiger partial charge in [-0.3, -0.25) is 19.4 Å². The van der Waals surface area contributed by atoms with Crippen LogP contribution in [0.3, 0.4) is 0 Å². The minimum absolute atomic E-state index is 0.174. The standard InChI is InChI=1S/C15H29N3O3/c1-13(19)11-17-7-5-16-6-8-18(10-9-17)12-14(20)21-15(2,3)4/h16H,5-12H2,1-4H3. The monoisotopic (exact) mass is 299 g/mol. The molecular formula is C15H29N3O3. The normalized spacial score (nSPS) is 19.4. The smallest absolute Gasteiger partial charge is 0.320 e. The Morgan fingerprint density at radius 1 is 1.00 bits per heavy atom. The molecule has 0 amide bonds. The Morgan fingerprint density at radius 3 is 2.00 bits per heavy atom. The summed E-state index contributed by atoms with van der Waals surface area (Å²) in [6, 6.07) is 0. The molecule has 1 aliphatic rings. The Balaban J connectivity index is 2.49.